The molecule has 84 valence electrons. The third-order valence-electron chi connectivity index (χ3n) is 2.11. The van der Waals surface area contributed by atoms with Crippen LogP contribution >= 0.6 is 0 Å². The molecule has 0 bridgehead atoms. The van der Waals surface area contributed by atoms with Crippen molar-refractivity contribution < 1.29 is 0 Å². The number of hydrogen-bond acceptors (Lipinski definition) is 1. The zero-order valence-corrected chi connectivity index (χ0v) is 10.0. The molecular formula is C11H25N3. The van der Waals surface area contributed by atoms with Crippen LogP contribution in [0.15, 0.2) is 4.99 Å². The molecular weight excluding hydrogens is 174 g/mol. The molecule has 1 unspecified atom stereocenters. The van der Waals surface area contributed by atoms with E-state index in [1.54, 1.807) is 0 Å². The number of rotatable bonds is 6. The second-order valence-electron chi connectivity index (χ2n) is 4.16. The molecule has 0 radical (unpaired) electrons. The SMILES string of the molecule is CCCC(CC)NC(N)=NCC(C)C. The summed E-state index contributed by atoms with van der Waals surface area (Å²) in [6.45, 7) is 9.44. The van der Waals surface area contributed by atoms with Gasteiger partial charge in [-0.2, -0.15) is 0 Å². The Morgan fingerprint density at radius 2 is 2.00 bits per heavy atom. The van der Waals surface area contributed by atoms with Gasteiger partial charge in [-0.25, -0.2) is 0 Å². The molecule has 0 aliphatic heterocycles. The predicted molar refractivity (Wildman–Crippen MR) is 63.5 cm³/mol. The van der Waals surface area contributed by atoms with E-state index in [1.807, 2.05) is 0 Å². The maximum Gasteiger partial charge on any atom is 0.188 e. The smallest absolute Gasteiger partial charge is 0.188 e. The number of nitrogens with one attached hydrogen (secondary N) is 1. The summed E-state index contributed by atoms with van der Waals surface area (Å²) in [6, 6.07) is 0.482. The first-order chi connectivity index (χ1) is 6.60. The summed E-state index contributed by atoms with van der Waals surface area (Å²) in [4.78, 5) is 4.28. The highest BCUT2D eigenvalue weighted by Gasteiger charge is 2.04. The van der Waals surface area contributed by atoms with Crippen LogP contribution in [-0.2, 0) is 0 Å². The van der Waals surface area contributed by atoms with Crippen molar-refractivity contribution in [2.45, 2.75) is 53.0 Å². The molecule has 0 aromatic heterocycles. The highest BCUT2D eigenvalue weighted by Crippen LogP contribution is 2.00. The lowest BCUT2D eigenvalue weighted by Crippen LogP contribution is -2.39. The third-order valence-corrected chi connectivity index (χ3v) is 2.11. The van der Waals surface area contributed by atoms with Crippen LogP contribution in [0.2, 0.25) is 0 Å². The second kappa shape index (κ2) is 7.65. The predicted octanol–water partition coefficient (Wildman–Crippen LogP) is 2.13. The number of hydrogen-bond donors (Lipinski definition) is 2. The van der Waals surface area contributed by atoms with Gasteiger partial charge < -0.3 is 11.1 Å². The zero-order chi connectivity index (χ0) is 11.0. The van der Waals surface area contributed by atoms with Crippen molar-refractivity contribution in [3.63, 3.8) is 0 Å². The van der Waals surface area contributed by atoms with Crippen molar-refractivity contribution in [3.8, 4) is 0 Å². The Hall–Kier alpha value is -0.730. The van der Waals surface area contributed by atoms with Gasteiger partial charge in [0, 0.05) is 12.6 Å². The minimum absolute atomic E-state index is 0.482. The molecule has 3 heteroatoms. The molecule has 0 saturated carbocycles. The van der Waals surface area contributed by atoms with Crippen LogP contribution in [0.25, 0.3) is 0 Å². The van der Waals surface area contributed by atoms with E-state index in [9.17, 15) is 0 Å². The molecule has 0 amide bonds. The molecule has 0 aromatic rings. The summed E-state index contributed by atoms with van der Waals surface area (Å²) < 4.78 is 0. The average Bonchev–Trinajstić information content (AvgIpc) is 2.14. The fourth-order valence-corrected chi connectivity index (χ4v) is 1.26. The molecule has 0 aliphatic carbocycles. The molecule has 0 rings (SSSR count). The number of nitrogens with two attached hydrogens (primary N) is 1. The van der Waals surface area contributed by atoms with Crippen LogP contribution in [0.5, 0.6) is 0 Å². The summed E-state index contributed by atoms with van der Waals surface area (Å²) in [6.07, 6.45) is 3.45. The molecule has 0 aromatic carbocycles. The van der Waals surface area contributed by atoms with Crippen molar-refractivity contribution >= 4 is 5.96 Å². The molecule has 3 N–H and O–H groups in total. The maximum absolute atomic E-state index is 5.77. The lowest BCUT2D eigenvalue weighted by atomic mass is 10.1. The van der Waals surface area contributed by atoms with E-state index in [1.165, 1.54) is 6.42 Å². The topological polar surface area (TPSA) is 50.4 Å². The highest BCUT2D eigenvalue weighted by molar-refractivity contribution is 5.78. The van der Waals surface area contributed by atoms with E-state index in [-0.39, 0.29) is 0 Å². The van der Waals surface area contributed by atoms with Crippen LogP contribution in [0.3, 0.4) is 0 Å². The van der Waals surface area contributed by atoms with Crippen molar-refractivity contribution in [1.29, 1.82) is 0 Å². The van der Waals surface area contributed by atoms with E-state index in [2.05, 4.69) is 38.0 Å². The Balaban J connectivity index is 3.87. The van der Waals surface area contributed by atoms with Crippen LogP contribution in [-0.4, -0.2) is 18.5 Å². The molecule has 1 atom stereocenters. The summed E-state index contributed by atoms with van der Waals surface area (Å²) in [5.74, 6) is 1.17. The first-order valence-electron chi connectivity index (χ1n) is 5.66. The fourth-order valence-electron chi connectivity index (χ4n) is 1.26. The first-order valence-corrected chi connectivity index (χ1v) is 5.66. The number of guanidine groups is 1. The Kier molecular flexibility index (Phi) is 7.25. The van der Waals surface area contributed by atoms with Crippen LogP contribution in [0, 0.1) is 5.92 Å². The third kappa shape index (κ3) is 6.75. The van der Waals surface area contributed by atoms with Gasteiger partial charge in [0.1, 0.15) is 0 Å². The minimum atomic E-state index is 0.482. The van der Waals surface area contributed by atoms with Gasteiger partial charge >= 0.3 is 0 Å². The van der Waals surface area contributed by atoms with Crippen molar-refractivity contribution in [3.05, 3.63) is 0 Å². The Morgan fingerprint density at radius 3 is 2.43 bits per heavy atom. The van der Waals surface area contributed by atoms with Crippen molar-refractivity contribution in [2.24, 2.45) is 16.6 Å². The minimum Gasteiger partial charge on any atom is -0.370 e. The molecule has 14 heavy (non-hydrogen) atoms. The Bertz CT molecular complexity index is 164. The summed E-state index contributed by atoms with van der Waals surface area (Å²) in [7, 11) is 0. The Morgan fingerprint density at radius 1 is 1.36 bits per heavy atom. The number of aliphatic imine (C=N–C) groups is 1. The lowest BCUT2D eigenvalue weighted by molar-refractivity contribution is 0.532. The van der Waals surface area contributed by atoms with Gasteiger partial charge in [0.05, 0.1) is 0 Å². The quantitative estimate of drug-likeness (QED) is 0.508. The van der Waals surface area contributed by atoms with Crippen LogP contribution in [0.4, 0.5) is 0 Å². The van der Waals surface area contributed by atoms with E-state index >= 15 is 0 Å². The van der Waals surface area contributed by atoms with Gasteiger partial charge in [0.25, 0.3) is 0 Å². The maximum atomic E-state index is 5.77. The normalized spacial score (nSPS) is 14.5. The van der Waals surface area contributed by atoms with E-state index in [4.69, 9.17) is 5.73 Å². The largest absolute Gasteiger partial charge is 0.370 e. The van der Waals surface area contributed by atoms with E-state index in [0.29, 0.717) is 17.9 Å². The second-order valence-corrected chi connectivity index (χ2v) is 4.16. The molecule has 0 spiro atoms. The zero-order valence-electron chi connectivity index (χ0n) is 10.0. The molecule has 0 fully saturated rings. The van der Waals surface area contributed by atoms with E-state index in [0.717, 1.165) is 19.4 Å². The molecule has 0 aliphatic rings. The van der Waals surface area contributed by atoms with Gasteiger partial charge in [-0.1, -0.05) is 34.1 Å². The molecule has 0 saturated heterocycles. The highest BCUT2D eigenvalue weighted by atomic mass is 15.1. The van der Waals surface area contributed by atoms with Gasteiger partial charge in [0.2, 0.25) is 0 Å². The summed E-state index contributed by atoms with van der Waals surface area (Å²) >= 11 is 0. The standard InChI is InChI=1S/C11H25N3/c1-5-7-10(6-2)14-11(12)13-8-9(3)4/h9-10H,5-8H2,1-4H3,(H3,12,13,14). The Labute approximate surface area is 88.2 Å². The van der Waals surface area contributed by atoms with Crippen LogP contribution in [0.1, 0.15) is 47.0 Å². The number of nitrogens with zero attached hydrogens (tertiary/aromatic N) is 1. The van der Waals surface area contributed by atoms with Gasteiger partial charge in [-0.15, -0.1) is 0 Å². The van der Waals surface area contributed by atoms with Crippen molar-refractivity contribution in [2.75, 3.05) is 6.54 Å². The molecule has 0 heterocycles. The monoisotopic (exact) mass is 199 g/mol. The molecule has 3 nitrogen and oxygen atoms in total. The van der Waals surface area contributed by atoms with Gasteiger partial charge in [-0.05, 0) is 18.8 Å². The lowest BCUT2D eigenvalue weighted by Gasteiger charge is -2.16. The van der Waals surface area contributed by atoms with Gasteiger partial charge in [0.15, 0.2) is 5.96 Å². The van der Waals surface area contributed by atoms with Crippen molar-refractivity contribution in [1.82, 2.24) is 5.32 Å². The average molecular weight is 199 g/mol. The fraction of sp³-hybridized carbons (Fsp3) is 0.909. The first kappa shape index (κ1) is 13.3. The summed E-state index contributed by atoms with van der Waals surface area (Å²) in [5.41, 5.74) is 5.77. The van der Waals surface area contributed by atoms with Crippen LogP contribution < -0.4 is 11.1 Å². The van der Waals surface area contributed by atoms with Gasteiger partial charge in [-0.3, -0.25) is 4.99 Å². The van der Waals surface area contributed by atoms with E-state index < -0.39 is 0 Å². The summed E-state index contributed by atoms with van der Waals surface area (Å²) in [5, 5.41) is 3.25.